The summed E-state index contributed by atoms with van der Waals surface area (Å²) in [4.78, 5) is 8.94. The first-order valence-electron chi connectivity index (χ1n) is 6.32. The van der Waals surface area contributed by atoms with Gasteiger partial charge in [0.15, 0.2) is 0 Å². The Kier molecular flexibility index (Phi) is 4.00. The van der Waals surface area contributed by atoms with Gasteiger partial charge in [0.2, 0.25) is 0 Å². The number of aromatic nitrogens is 2. The molecular weight excluding hydrogens is 334 g/mol. The van der Waals surface area contributed by atoms with E-state index in [4.69, 9.17) is 5.73 Å². The number of H-pyrrole nitrogens is 1. The van der Waals surface area contributed by atoms with E-state index in [-0.39, 0.29) is 6.04 Å². The summed E-state index contributed by atoms with van der Waals surface area (Å²) in [6.07, 6.45) is 2.57. The number of thiophene rings is 1. The zero-order valence-corrected chi connectivity index (χ0v) is 13.1. The summed E-state index contributed by atoms with van der Waals surface area (Å²) in [6.45, 7) is 0. The first-order valence-corrected chi connectivity index (χ1v) is 7.93. The van der Waals surface area contributed by atoms with Gasteiger partial charge in [0.25, 0.3) is 0 Å². The van der Waals surface area contributed by atoms with Crippen LogP contribution in [0.5, 0.6) is 0 Å². The molecule has 0 saturated heterocycles. The van der Waals surface area contributed by atoms with Crippen LogP contribution in [-0.4, -0.2) is 9.97 Å². The molecule has 5 heteroatoms. The summed E-state index contributed by atoms with van der Waals surface area (Å²) in [5.41, 5.74) is 8.38. The molecule has 0 aliphatic rings. The Bertz CT molecular complexity index is 690. The van der Waals surface area contributed by atoms with E-state index in [1.165, 1.54) is 4.88 Å². The number of hydrogen-bond donors (Lipinski definition) is 2. The molecule has 2 heterocycles. The molecule has 1 aromatic carbocycles. The fourth-order valence-corrected chi connectivity index (χ4v) is 3.43. The van der Waals surface area contributed by atoms with Crippen molar-refractivity contribution in [3.05, 3.63) is 63.8 Å². The fraction of sp³-hybridized carbons (Fsp3) is 0.133. The molecule has 20 heavy (non-hydrogen) atoms. The number of imidazole rings is 1. The summed E-state index contributed by atoms with van der Waals surface area (Å²) >= 11 is 5.15. The molecule has 3 rings (SSSR count). The predicted molar refractivity (Wildman–Crippen MR) is 86.7 cm³/mol. The fourth-order valence-electron chi connectivity index (χ4n) is 2.08. The van der Waals surface area contributed by atoms with Crippen molar-refractivity contribution in [1.29, 1.82) is 0 Å². The molecule has 0 radical (unpaired) electrons. The quantitative estimate of drug-likeness (QED) is 0.744. The Hall–Kier alpha value is -1.43. The van der Waals surface area contributed by atoms with Crippen LogP contribution in [0.2, 0.25) is 0 Å². The lowest BCUT2D eigenvalue weighted by Gasteiger charge is -2.09. The van der Waals surface area contributed by atoms with Crippen LogP contribution >= 0.6 is 27.3 Å². The third-order valence-electron chi connectivity index (χ3n) is 3.11. The van der Waals surface area contributed by atoms with E-state index in [1.807, 2.05) is 42.6 Å². The average Bonchev–Trinajstić information content (AvgIpc) is 3.09. The monoisotopic (exact) mass is 347 g/mol. The maximum atomic E-state index is 6.21. The second kappa shape index (κ2) is 5.91. The summed E-state index contributed by atoms with van der Waals surface area (Å²) in [5.74, 6) is 0.917. The molecule has 0 aliphatic heterocycles. The van der Waals surface area contributed by atoms with Gasteiger partial charge >= 0.3 is 0 Å². The second-order valence-corrected chi connectivity index (χ2v) is 7.03. The molecule has 3 N–H and O–H groups in total. The lowest BCUT2D eigenvalue weighted by molar-refractivity contribution is 0.695. The van der Waals surface area contributed by atoms with Crippen molar-refractivity contribution in [3.8, 4) is 10.6 Å². The zero-order chi connectivity index (χ0) is 13.9. The van der Waals surface area contributed by atoms with Gasteiger partial charge in [-0.3, -0.25) is 0 Å². The van der Waals surface area contributed by atoms with Crippen LogP contribution in [0, 0.1) is 0 Å². The highest BCUT2D eigenvalue weighted by Crippen LogP contribution is 2.30. The highest BCUT2D eigenvalue weighted by molar-refractivity contribution is 9.11. The normalized spacial score (nSPS) is 12.5. The van der Waals surface area contributed by atoms with E-state index in [2.05, 4.69) is 32.0 Å². The third kappa shape index (κ3) is 3.00. The van der Waals surface area contributed by atoms with Crippen molar-refractivity contribution in [1.82, 2.24) is 9.97 Å². The van der Waals surface area contributed by atoms with Gasteiger partial charge in [-0.15, -0.1) is 11.3 Å². The standard InChI is InChI=1S/C15H14BrN3S/c16-14-7-6-13(20-14)12-9-18-15(19-12)8-11(17)10-4-2-1-3-5-10/h1-7,9,11H,8,17H2,(H,18,19). The smallest absolute Gasteiger partial charge is 0.108 e. The van der Waals surface area contributed by atoms with Gasteiger partial charge in [0, 0.05) is 12.5 Å². The van der Waals surface area contributed by atoms with E-state index < -0.39 is 0 Å². The Morgan fingerprint density at radius 1 is 1.20 bits per heavy atom. The Balaban J connectivity index is 1.74. The number of halogens is 1. The second-order valence-electron chi connectivity index (χ2n) is 4.57. The van der Waals surface area contributed by atoms with Gasteiger partial charge in [-0.2, -0.15) is 0 Å². The largest absolute Gasteiger partial charge is 0.341 e. The van der Waals surface area contributed by atoms with E-state index in [0.29, 0.717) is 6.42 Å². The molecule has 0 saturated carbocycles. The highest BCUT2D eigenvalue weighted by atomic mass is 79.9. The molecule has 1 atom stereocenters. The van der Waals surface area contributed by atoms with E-state index in [0.717, 1.165) is 20.9 Å². The minimum Gasteiger partial charge on any atom is -0.341 e. The molecular formula is C15H14BrN3S. The Morgan fingerprint density at radius 3 is 2.70 bits per heavy atom. The maximum Gasteiger partial charge on any atom is 0.108 e. The number of nitrogens with two attached hydrogens (primary N) is 1. The van der Waals surface area contributed by atoms with Crippen molar-refractivity contribution < 1.29 is 0 Å². The molecule has 102 valence electrons. The van der Waals surface area contributed by atoms with E-state index in [9.17, 15) is 0 Å². The average molecular weight is 348 g/mol. The number of nitrogens with zero attached hydrogens (tertiary/aromatic N) is 1. The topological polar surface area (TPSA) is 54.7 Å². The molecule has 3 nitrogen and oxygen atoms in total. The van der Waals surface area contributed by atoms with Gasteiger partial charge in [0.1, 0.15) is 5.82 Å². The summed E-state index contributed by atoms with van der Waals surface area (Å²) in [7, 11) is 0. The van der Waals surface area contributed by atoms with Crippen molar-refractivity contribution in [3.63, 3.8) is 0 Å². The lowest BCUT2D eigenvalue weighted by Crippen LogP contribution is -2.13. The molecule has 1 unspecified atom stereocenters. The van der Waals surface area contributed by atoms with Crippen LogP contribution in [-0.2, 0) is 6.42 Å². The lowest BCUT2D eigenvalue weighted by atomic mass is 10.0. The first-order chi connectivity index (χ1) is 9.72. The zero-order valence-electron chi connectivity index (χ0n) is 10.7. The number of aromatic amines is 1. The first kappa shape index (κ1) is 13.5. The summed E-state index contributed by atoms with van der Waals surface area (Å²) < 4.78 is 1.12. The van der Waals surface area contributed by atoms with Gasteiger partial charge in [-0.1, -0.05) is 30.3 Å². The molecule has 0 bridgehead atoms. The summed E-state index contributed by atoms with van der Waals surface area (Å²) in [6, 6.07) is 14.2. The Morgan fingerprint density at radius 2 is 2.00 bits per heavy atom. The van der Waals surface area contributed by atoms with Gasteiger partial charge in [-0.05, 0) is 33.6 Å². The van der Waals surface area contributed by atoms with Crippen LogP contribution in [0.25, 0.3) is 10.6 Å². The maximum absolute atomic E-state index is 6.21. The van der Waals surface area contributed by atoms with Gasteiger partial charge < -0.3 is 10.7 Å². The number of benzene rings is 1. The predicted octanol–water partition coefficient (Wildman–Crippen LogP) is 4.14. The molecule has 0 aliphatic carbocycles. The molecule has 3 aromatic rings. The molecule has 0 spiro atoms. The number of rotatable bonds is 4. The molecule has 2 aromatic heterocycles. The van der Waals surface area contributed by atoms with E-state index in [1.54, 1.807) is 11.3 Å². The SMILES string of the molecule is NC(Cc1ncc(-c2ccc(Br)s2)[nH]1)c1ccccc1. The van der Waals surface area contributed by atoms with Crippen LogP contribution in [0.3, 0.4) is 0 Å². The highest BCUT2D eigenvalue weighted by Gasteiger charge is 2.11. The van der Waals surface area contributed by atoms with Crippen molar-refractivity contribution >= 4 is 27.3 Å². The van der Waals surface area contributed by atoms with Crippen LogP contribution in [0.4, 0.5) is 0 Å². The Labute approximate surface area is 130 Å². The van der Waals surface area contributed by atoms with Gasteiger partial charge in [0.05, 0.1) is 20.6 Å². The molecule has 0 amide bonds. The third-order valence-corrected chi connectivity index (χ3v) is 4.77. The van der Waals surface area contributed by atoms with Crippen molar-refractivity contribution in [2.45, 2.75) is 12.5 Å². The number of hydrogen-bond acceptors (Lipinski definition) is 3. The van der Waals surface area contributed by atoms with Crippen LogP contribution in [0.1, 0.15) is 17.4 Å². The van der Waals surface area contributed by atoms with Crippen molar-refractivity contribution in [2.75, 3.05) is 0 Å². The summed E-state index contributed by atoms with van der Waals surface area (Å²) in [5, 5.41) is 0. The van der Waals surface area contributed by atoms with Crippen molar-refractivity contribution in [2.24, 2.45) is 5.73 Å². The number of nitrogens with one attached hydrogen (secondary N) is 1. The van der Waals surface area contributed by atoms with Gasteiger partial charge in [-0.25, -0.2) is 4.98 Å². The minimum atomic E-state index is -0.0368. The van der Waals surface area contributed by atoms with Crippen LogP contribution < -0.4 is 5.73 Å². The van der Waals surface area contributed by atoms with Crippen LogP contribution in [0.15, 0.2) is 52.4 Å². The van der Waals surface area contributed by atoms with E-state index >= 15 is 0 Å². The minimum absolute atomic E-state index is 0.0368. The molecule has 0 fully saturated rings.